The number of rotatable bonds is 6. The van der Waals surface area contributed by atoms with Gasteiger partial charge in [-0.15, -0.1) is 11.8 Å². The molecule has 2 aromatic carbocycles. The smallest absolute Gasteiger partial charge is 0.253 e. The van der Waals surface area contributed by atoms with Crippen molar-refractivity contribution < 1.29 is 14.3 Å². The molecule has 0 heterocycles. The number of anilines is 1. The van der Waals surface area contributed by atoms with Gasteiger partial charge in [-0.25, -0.2) is 0 Å². The number of thioether (sulfide) groups is 1. The van der Waals surface area contributed by atoms with Gasteiger partial charge in [0.15, 0.2) is 0 Å². The van der Waals surface area contributed by atoms with Crippen LogP contribution in [0.5, 0.6) is 5.75 Å². The van der Waals surface area contributed by atoms with E-state index in [1.54, 1.807) is 31.4 Å². The fraction of sp³-hybridized carbons (Fsp3) is 0.333. The Morgan fingerprint density at radius 2 is 1.67 bits per heavy atom. The Kier molecular flexibility index (Phi) is 6.91. The predicted molar refractivity (Wildman–Crippen MR) is 111 cm³/mol. The van der Waals surface area contributed by atoms with Crippen LogP contribution in [0.4, 0.5) is 5.69 Å². The molecule has 0 aliphatic heterocycles. The first-order valence-electron chi connectivity index (χ1n) is 8.73. The molecule has 0 aromatic heterocycles. The van der Waals surface area contributed by atoms with E-state index in [-0.39, 0.29) is 22.6 Å². The van der Waals surface area contributed by atoms with E-state index in [0.717, 1.165) is 10.6 Å². The molecule has 2 aromatic rings. The van der Waals surface area contributed by atoms with Gasteiger partial charge in [0.1, 0.15) is 5.75 Å². The molecule has 0 saturated carbocycles. The lowest BCUT2D eigenvalue weighted by Crippen LogP contribution is -2.41. The van der Waals surface area contributed by atoms with Crippen molar-refractivity contribution in [3.8, 4) is 5.75 Å². The Morgan fingerprint density at radius 1 is 1.04 bits per heavy atom. The van der Waals surface area contributed by atoms with Gasteiger partial charge in [-0.05, 0) is 64.1 Å². The van der Waals surface area contributed by atoms with Gasteiger partial charge in [-0.2, -0.15) is 0 Å². The third kappa shape index (κ3) is 6.32. The number of carbonyl (C=O) groups is 2. The summed E-state index contributed by atoms with van der Waals surface area (Å²) in [5.74, 6) is 0.399. The van der Waals surface area contributed by atoms with Crippen LogP contribution in [-0.4, -0.2) is 29.7 Å². The molecule has 0 saturated heterocycles. The maximum atomic E-state index is 12.6. The third-order valence-electron chi connectivity index (χ3n) is 3.66. The van der Waals surface area contributed by atoms with E-state index in [4.69, 9.17) is 4.74 Å². The number of hydrogen-bond donors (Lipinski definition) is 2. The standard InChI is InChI=1S/C21H26N2O3S/c1-14(27-16-12-10-15(26-5)11-13-16)19(24)22-18-9-7-6-8-17(18)20(25)23-21(2,3)4/h6-14H,1-5H3,(H,22,24)(H,23,25)/t14-/m1/s1. The number of methoxy groups -OCH3 is 1. The number of carbonyl (C=O) groups excluding carboxylic acids is 2. The summed E-state index contributed by atoms with van der Waals surface area (Å²) in [6, 6.07) is 14.6. The molecule has 5 nitrogen and oxygen atoms in total. The quantitative estimate of drug-likeness (QED) is 0.725. The molecule has 0 radical (unpaired) electrons. The van der Waals surface area contributed by atoms with Crippen LogP contribution >= 0.6 is 11.8 Å². The first kappa shape index (κ1) is 20.8. The maximum Gasteiger partial charge on any atom is 0.253 e. The molecule has 1 atom stereocenters. The lowest BCUT2D eigenvalue weighted by atomic mass is 10.1. The number of ether oxygens (including phenoxy) is 1. The number of hydrogen-bond acceptors (Lipinski definition) is 4. The van der Waals surface area contributed by atoms with Crippen molar-refractivity contribution in [3.63, 3.8) is 0 Å². The first-order chi connectivity index (χ1) is 12.7. The summed E-state index contributed by atoms with van der Waals surface area (Å²) in [6.45, 7) is 7.58. The highest BCUT2D eigenvalue weighted by molar-refractivity contribution is 8.00. The SMILES string of the molecule is COc1ccc(S[C@H](C)C(=O)Nc2ccccc2C(=O)NC(C)(C)C)cc1. The minimum atomic E-state index is -0.355. The molecule has 0 aliphatic carbocycles. The number of benzene rings is 2. The molecule has 0 fully saturated rings. The fourth-order valence-electron chi connectivity index (χ4n) is 2.34. The van der Waals surface area contributed by atoms with E-state index < -0.39 is 0 Å². The zero-order chi connectivity index (χ0) is 20.0. The summed E-state index contributed by atoms with van der Waals surface area (Å²) in [6.07, 6.45) is 0. The van der Waals surface area contributed by atoms with Gasteiger partial charge in [0, 0.05) is 10.4 Å². The van der Waals surface area contributed by atoms with Crippen molar-refractivity contribution in [3.05, 3.63) is 54.1 Å². The fourth-order valence-corrected chi connectivity index (χ4v) is 3.21. The molecule has 2 rings (SSSR count). The van der Waals surface area contributed by atoms with Crippen molar-refractivity contribution in [2.75, 3.05) is 12.4 Å². The van der Waals surface area contributed by atoms with Gasteiger partial charge in [-0.1, -0.05) is 12.1 Å². The number of para-hydroxylation sites is 1. The van der Waals surface area contributed by atoms with E-state index in [1.807, 2.05) is 52.0 Å². The molecule has 2 N–H and O–H groups in total. The second-order valence-electron chi connectivity index (χ2n) is 7.17. The van der Waals surface area contributed by atoms with Gasteiger partial charge in [-0.3, -0.25) is 9.59 Å². The van der Waals surface area contributed by atoms with Crippen LogP contribution in [0.2, 0.25) is 0 Å². The lowest BCUT2D eigenvalue weighted by molar-refractivity contribution is -0.115. The van der Waals surface area contributed by atoms with Crippen LogP contribution in [0.1, 0.15) is 38.1 Å². The number of nitrogens with one attached hydrogen (secondary N) is 2. The molecule has 2 amide bonds. The summed E-state index contributed by atoms with van der Waals surface area (Å²) in [7, 11) is 1.62. The van der Waals surface area contributed by atoms with E-state index >= 15 is 0 Å². The summed E-state index contributed by atoms with van der Waals surface area (Å²) in [4.78, 5) is 26.1. The Balaban J connectivity index is 2.07. The first-order valence-corrected chi connectivity index (χ1v) is 9.60. The average molecular weight is 387 g/mol. The zero-order valence-electron chi connectivity index (χ0n) is 16.3. The van der Waals surface area contributed by atoms with Crippen LogP contribution in [0, 0.1) is 0 Å². The molecule has 0 unspecified atom stereocenters. The topological polar surface area (TPSA) is 67.4 Å². The van der Waals surface area contributed by atoms with Gasteiger partial charge >= 0.3 is 0 Å². The Morgan fingerprint density at radius 3 is 2.26 bits per heavy atom. The van der Waals surface area contributed by atoms with Gasteiger partial charge in [0.05, 0.1) is 23.6 Å². The maximum absolute atomic E-state index is 12.6. The second kappa shape index (κ2) is 8.95. The van der Waals surface area contributed by atoms with E-state index in [1.165, 1.54) is 11.8 Å². The third-order valence-corrected chi connectivity index (χ3v) is 4.77. The van der Waals surface area contributed by atoms with Crippen LogP contribution < -0.4 is 15.4 Å². The molecule has 144 valence electrons. The Bertz CT molecular complexity index is 798. The van der Waals surface area contributed by atoms with Gasteiger partial charge < -0.3 is 15.4 Å². The van der Waals surface area contributed by atoms with Crippen LogP contribution in [0.15, 0.2) is 53.4 Å². The summed E-state index contributed by atoms with van der Waals surface area (Å²) in [5.41, 5.74) is 0.597. The highest BCUT2D eigenvalue weighted by Crippen LogP contribution is 2.26. The van der Waals surface area contributed by atoms with Crippen LogP contribution in [-0.2, 0) is 4.79 Å². The van der Waals surface area contributed by atoms with Crippen molar-refractivity contribution in [2.24, 2.45) is 0 Å². The normalized spacial score (nSPS) is 12.2. The largest absolute Gasteiger partial charge is 0.497 e. The molecule has 0 spiro atoms. The van der Waals surface area contributed by atoms with Crippen LogP contribution in [0.3, 0.4) is 0 Å². The summed E-state index contributed by atoms with van der Waals surface area (Å²) in [5, 5.41) is 5.47. The van der Waals surface area contributed by atoms with E-state index in [9.17, 15) is 9.59 Å². The van der Waals surface area contributed by atoms with Gasteiger partial charge in [0.25, 0.3) is 5.91 Å². The predicted octanol–water partition coefficient (Wildman–Crippen LogP) is 4.34. The molecule has 0 bridgehead atoms. The highest BCUT2D eigenvalue weighted by atomic mass is 32.2. The zero-order valence-corrected chi connectivity index (χ0v) is 17.1. The number of amides is 2. The second-order valence-corrected chi connectivity index (χ2v) is 8.59. The van der Waals surface area contributed by atoms with Crippen molar-refractivity contribution in [1.82, 2.24) is 5.32 Å². The molecular weight excluding hydrogens is 360 g/mol. The van der Waals surface area contributed by atoms with Crippen molar-refractivity contribution in [1.29, 1.82) is 0 Å². The Labute approximate surface area is 164 Å². The average Bonchev–Trinajstić information content (AvgIpc) is 2.61. The minimum absolute atomic E-state index is 0.160. The van der Waals surface area contributed by atoms with E-state index in [0.29, 0.717) is 11.3 Å². The highest BCUT2D eigenvalue weighted by Gasteiger charge is 2.20. The Hall–Kier alpha value is -2.47. The molecule has 27 heavy (non-hydrogen) atoms. The van der Waals surface area contributed by atoms with Crippen molar-refractivity contribution >= 4 is 29.3 Å². The summed E-state index contributed by atoms with van der Waals surface area (Å²) >= 11 is 1.45. The molecule has 0 aliphatic rings. The van der Waals surface area contributed by atoms with Gasteiger partial charge in [0.2, 0.25) is 5.91 Å². The minimum Gasteiger partial charge on any atom is -0.497 e. The van der Waals surface area contributed by atoms with Crippen molar-refractivity contribution in [2.45, 2.75) is 43.4 Å². The molecule has 6 heteroatoms. The van der Waals surface area contributed by atoms with Crippen LogP contribution in [0.25, 0.3) is 0 Å². The molecular formula is C21H26N2O3S. The summed E-state index contributed by atoms with van der Waals surface area (Å²) < 4.78 is 5.14. The van der Waals surface area contributed by atoms with E-state index in [2.05, 4.69) is 10.6 Å². The lowest BCUT2D eigenvalue weighted by Gasteiger charge is -2.22. The monoisotopic (exact) mass is 386 g/mol.